The summed E-state index contributed by atoms with van der Waals surface area (Å²) in [6, 6.07) is -1.36. The fourth-order valence-electron chi connectivity index (χ4n) is 2.57. The molecule has 7 nitrogen and oxygen atoms in total. The molecule has 5 atom stereocenters. The van der Waals surface area contributed by atoms with Crippen LogP contribution in [0.25, 0.3) is 0 Å². The number of Topliss-reactive ketones (excluding diaryl/α,β-unsaturated/α-hetero) is 1. The topological polar surface area (TPSA) is 107 Å². The minimum atomic E-state index is -1.34. The minimum absolute atomic E-state index is 0.0135. The van der Waals surface area contributed by atoms with Gasteiger partial charge in [-0.05, 0) is 13.3 Å². The fourth-order valence-corrected chi connectivity index (χ4v) is 2.57. The van der Waals surface area contributed by atoms with Gasteiger partial charge in [0.1, 0.15) is 30.7 Å². The molecule has 2 aliphatic rings. The van der Waals surface area contributed by atoms with Crippen LogP contribution in [0, 0.1) is 0 Å². The molecule has 102 valence electrons. The maximum absolute atomic E-state index is 11.6. The van der Waals surface area contributed by atoms with E-state index >= 15 is 0 Å². The SMILES string of the molecule is CC(=O)CC[C@@H]1[C@H](O)[C@@H](O)[C@H](O)[C@H]2COC(=O)N12. The first-order chi connectivity index (χ1) is 8.43. The van der Waals surface area contributed by atoms with Gasteiger partial charge in [-0.2, -0.15) is 0 Å². The Bertz CT molecular complexity index is 359. The monoisotopic (exact) mass is 259 g/mol. The second-order valence-corrected chi connectivity index (χ2v) is 4.83. The van der Waals surface area contributed by atoms with Crippen molar-refractivity contribution in [1.29, 1.82) is 0 Å². The van der Waals surface area contributed by atoms with Crippen LogP contribution in [0.1, 0.15) is 19.8 Å². The summed E-state index contributed by atoms with van der Waals surface area (Å²) in [5.41, 5.74) is 0. The molecule has 18 heavy (non-hydrogen) atoms. The largest absolute Gasteiger partial charge is 0.447 e. The van der Waals surface area contributed by atoms with Crippen molar-refractivity contribution in [3.05, 3.63) is 0 Å². The number of ether oxygens (including phenoxy) is 1. The molecule has 2 fully saturated rings. The number of ketones is 1. The van der Waals surface area contributed by atoms with Gasteiger partial charge in [-0.3, -0.25) is 4.90 Å². The maximum atomic E-state index is 11.6. The molecule has 0 aromatic rings. The molecule has 0 aliphatic carbocycles. The summed E-state index contributed by atoms with van der Waals surface area (Å²) in [5.74, 6) is -0.0630. The maximum Gasteiger partial charge on any atom is 0.410 e. The molecule has 0 bridgehead atoms. The predicted molar refractivity (Wildman–Crippen MR) is 58.7 cm³/mol. The fraction of sp³-hybridized carbons (Fsp3) is 0.818. The molecule has 0 radical (unpaired) electrons. The van der Waals surface area contributed by atoms with Gasteiger partial charge in [0.05, 0.1) is 12.1 Å². The zero-order valence-corrected chi connectivity index (χ0v) is 10.0. The number of nitrogens with zero attached hydrogens (tertiary/aromatic N) is 1. The third-order valence-corrected chi connectivity index (χ3v) is 3.58. The second-order valence-electron chi connectivity index (χ2n) is 4.83. The highest BCUT2D eigenvalue weighted by atomic mass is 16.6. The second kappa shape index (κ2) is 4.83. The predicted octanol–water partition coefficient (Wildman–Crippen LogP) is -1.36. The molecule has 3 N–H and O–H groups in total. The zero-order valence-electron chi connectivity index (χ0n) is 10.0. The van der Waals surface area contributed by atoms with Gasteiger partial charge >= 0.3 is 6.09 Å². The average Bonchev–Trinajstić information content (AvgIpc) is 2.68. The van der Waals surface area contributed by atoms with E-state index in [9.17, 15) is 24.9 Å². The zero-order chi connectivity index (χ0) is 13.4. The lowest BCUT2D eigenvalue weighted by Gasteiger charge is -2.44. The highest BCUT2D eigenvalue weighted by Gasteiger charge is 2.53. The first-order valence-corrected chi connectivity index (χ1v) is 5.92. The molecule has 1 amide bonds. The van der Waals surface area contributed by atoms with Gasteiger partial charge in [-0.1, -0.05) is 0 Å². The molecule has 0 spiro atoms. The lowest BCUT2D eigenvalue weighted by atomic mass is 9.86. The minimum Gasteiger partial charge on any atom is -0.447 e. The van der Waals surface area contributed by atoms with Crippen LogP contribution < -0.4 is 0 Å². The number of carbonyl (C=O) groups excluding carboxylic acids is 2. The van der Waals surface area contributed by atoms with E-state index in [4.69, 9.17) is 4.74 Å². The normalized spacial score (nSPS) is 39.4. The smallest absolute Gasteiger partial charge is 0.410 e. The first kappa shape index (κ1) is 13.3. The van der Waals surface area contributed by atoms with Gasteiger partial charge in [0, 0.05) is 6.42 Å². The van der Waals surface area contributed by atoms with Crippen LogP contribution in [0.2, 0.25) is 0 Å². The van der Waals surface area contributed by atoms with Crippen molar-refractivity contribution >= 4 is 11.9 Å². The number of hydrogen-bond acceptors (Lipinski definition) is 6. The molecule has 0 saturated carbocycles. The van der Waals surface area contributed by atoms with Gasteiger partial charge in [0.15, 0.2) is 0 Å². The Morgan fingerprint density at radius 3 is 2.61 bits per heavy atom. The van der Waals surface area contributed by atoms with Crippen molar-refractivity contribution in [3.8, 4) is 0 Å². The van der Waals surface area contributed by atoms with Gasteiger partial charge < -0.3 is 24.9 Å². The highest BCUT2D eigenvalue weighted by Crippen LogP contribution is 2.31. The van der Waals surface area contributed by atoms with E-state index in [1.165, 1.54) is 11.8 Å². The molecular weight excluding hydrogens is 242 g/mol. The lowest BCUT2D eigenvalue weighted by molar-refractivity contribution is -0.144. The number of piperidine rings is 1. The van der Waals surface area contributed by atoms with Gasteiger partial charge in [0.25, 0.3) is 0 Å². The number of cyclic esters (lactones) is 1. The van der Waals surface area contributed by atoms with Gasteiger partial charge in [-0.15, -0.1) is 0 Å². The third-order valence-electron chi connectivity index (χ3n) is 3.58. The molecule has 0 aromatic carbocycles. The first-order valence-electron chi connectivity index (χ1n) is 5.92. The van der Waals surface area contributed by atoms with Crippen LogP contribution in [0.4, 0.5) is 4.79 Å². The van der Waals surface area contributed by atoms with E-state index < -0.39 is 36.5 Å². The van der Waals surface area contributed by atoms with Gasteiger partial charge in [0.2, 0.25) is 0 Å². The van der Waals surface area contributed by atoms with E-state index in [0.29, 0.717) is 0 Å². The Balaban J connectivity index is 2.18. The Labute approximate surface area is 104 Å². The number of hydrogen-bond donors (Lipinski definition) is 3. The number of carbonyl (C=O) groups is 2. The lowest BCUT2D eigenvalue weighted by Crippen LogP contribution is -2.65. The Morgan fingerprint density at radius 2 is 2.00 bits per heavy atom. The van der Waals surface area contributed by atoms with Crippen LogP contribution in [0.3, 0.4) is 0 Å². The van der Waals surface area contributed by atoms with Crippen LogP contribution in [-0.2, 0) is 9.53 Å². The summed E-state index contributed by atoms with van der Waals surface area (Å²) in [7, 11) is 0. The summed E-state index contributed by atoms with van der Waals surface area (Å²) in [6.07, 6.45) is -4.04. The van der Waals surface area contributed by atoms with Crippen molar-refractivity contribution in [2.75, 3.05) is 6.61 Å². The average molecular weight is 259 g/mol. The summed E-state index contributed by atoms with van der Waals surface area (Å²) in [6.45, 7) is 1.40. The van der Waals surface area contributed by atoms with E-state index in [1.54, 1.807) is 0 Å². The number of amides is 1. The third kappa shape index (κ3) is 2.09. The van der Waals surface area contributed by atoms with Crippen molar-refractivity contribution < 1.29 is 29.6 Å². The molecule has 7 heteroatoms. The van der Waals surface area contributed by atoms with E-state index in [0.717, 1.165) is 0 Å². The van der Waals surface area contributed by atoms with Crippen molar-refractivity contribution in [2.45, 2.75) is 50.2 Å². The molecule has 0 unspecified atom stereocenters. The highest BCUT2D eigenvalue weighted by molar-refractivity contribution is 5.76. The number of aliphatic hydroxyl groups is 3. The Kier molecular flexibility index (Phi) is 3.56. The molecule has 0 aromatic heterocycles. The van der Waals surface area contributed by atoms with Crippen molar-refractivity contribution in [2.24, 2.45) is 0 Å². The quantitative estimate of drug-likeness (QED) is 0.578. The van der Waals surface area contributed by atoms with E-state index in [1.807, 2.05) is 0 Å². The van der Waals surface area contributed by atoms with Crippen molar-refractivity contribution in [3.63, 3.8) is 0 Å². The molecular formula is C11H17NO6. The molecule has 2 saturated heterocycles. The van der Waals surface area contributed by atoms with E-state index in [2.05, 4.69) is 0 Å². The summed E-state index contributed by atoms with van der Waals surface area (Å²) >= 11 is 0. The van der Waals surface area contributed by atoms with Crippen LogP contribution in [0.15, 0.2) is 0 Å². The van der Waals surface area contributed by atoms with Crippen molar-refractivity contribution in [1.82, 2.24) is 4.90 Å². The Morgan fingerprint density at radius 1 is 1.33 bits per heavy atom. The number of aliphatic hydroxyl groups excluding tert-OH is 3. The number of rotatable bonds is 3. The molecule has 2 heterocycles. The number of fused-ring (bicyclic) bond motifs is 1. The van der Waals surface area contributed by atoms with Crippen LogP contribution in [-0.4, -0.2) is 69.1 Å². The summed E-state index contributed by atoms with van der Waals surface area (Å²) < 4.78 is 4.82. The van der Waals surface area contributed by atoms with Crippen LogP contribution >= 0.6 is 0 Å². The summed E-state index contributed by atoms with van der Waals surface area (Å²) in [5, 5.41) is 29.4. The van der Waals surface area contributed by atoms with Gasteiger partial charge in [-0.25, -0.2) is 4.79 Å². The van der Waals surface area contributed by atoms with E-state index in [-0.39, 0.29) is 25.2 Å². The molecule has 2 rings (SSSR count). The Hall–Kier alpha value is -1.18. The molecule has 2 aliphatic heterocycles. The standard InChI is InChI=1S/C11H17NO6/c1-5(13)2-3-6-8(14)10(16)9(15)7-4-18-11(17)12(6)7/h6-10,14-16H,2-4H2,1H3/t6-,7-,8+,9-,10-/m1/s1. The van der Waals surface area contributed by atoms with Crippen LogP contribution in [0.5, 0.6) is 0 Å². The summed E-state index contributed by atoms with van der Waals surface area (Å²) in [4.78, 5) is 23.8.